The van der Waals surface area contributed by atoms with Gasteiger partial charge in [-0.15, -0.1) is 0 Å². The molecule has 0 N–H and O–H groups in total. The van der Waals surface area contributed by atoms with E-state index >= 15 is 0 Å². The normalized spacial score (nSPS) is 11.8. The molecule has 1 nitrogen and oxygen atoms in total. The van der Waals surface area contributed by atoms with Crippen molar-refractivity contribution < 1.29 is 13.2 Å². The summed E-state index contributed by atoms with van der Waals surface area (Å²) in [6.07, 6.45) is -2.59. The molecule has 16 heavy (non-hydrogen) atoms. The van der Waals surface area contributed by atoms with Crippen LogP contribution in [0.3, 0.4) is 0 Å². The summed E-state index contributed by atoms with van der Waals surface area (Å²) in [6.45, 7) is 0. The maximum absolute atomic E-state index is 12.8. The summed E-state index contributed by atoms with van der Waals surface area (Å²) in [4.78, 5) is 0. The van der Waals surface area contributed by atoms with Crippen molar-refractivity contribution in [2.45, 2.75) is 6.18 Å². The lowest BCUT2D eigenvalue weighted by Crippen LogP contribution is -2.07. The third-order valence-corrected chi connectivity index (χ3v) is 2.45. The predicted molar refractivity (Wildman–Crippen MR) is 55.9 cm³/mol. The molecule has 1 heterocycles. The zero-order valence-corrected chi connectivity index (χ0v) is 8.62. The minimum atomic E-state index is -4.32. The first kappa shape index (κ1) is 10.8. The highest BCUT2D eigenvalue weighted by Gasteiger charge is 2.33. The Balaban J connectivity index is 2.62. The van der Waals surface area contributed by atoms with Crippen LogP contribution in [0, 0.1) is 0 Å². The summed E-state index contributed by atoms with van der Waals surface area (Å²) in [5.74, 6) is 0. The minimum absolute atomic E-state index is 0.211. The zero-order valence-electron chi connectivity index (χ0n) is 8.62. The highest BCUT2D eigenvalue weighted by atomic mass is 19.4. The van der Waals surface area contributed by atoms with E-state index in [1.54, 1.807) is 36.0 Å². The third-order valence-electron chi connectivity index (χ3n) is 2.45. The minimum Gasteiger partial charge on any atom is -0.351 e. The molecule has 0 spiro atoms. The van der Waals surface area contributed by atoms with Crippen molar-refractivity contribution in [3.8, 4) is 11.3 Å². The largest absolute Gasteiger partial charge is 0.417 e. The first-order chi connectivity index (χ1) is 7.50. The molecule has 0 aliphatic carbocycles. The number of aromatic nitrogens is 1. The Morgan fingerprint density at radius 2 is 1.69 bits per heavy atom. The topological polar surface area (TPSA) is 4.93 Å². The van der Waals surface area contributed by atoms with Crippen LogP contribution in [-0.4, -0.2) is 4.57 Å². The molecule has 0 saturated carbocycles. The van der Waals surface area contributed by atoms with Gasteiger partial charge in [0.15, 0.2) is 0 Å². The van der Waals surface area contributed by atoms with Crippen molar-refractivity contribution >= 4 is 0 Å². The fourth-order valence-corrected chi connectivity index (χ4v) is 1.69. The van der Waals surface area contributed by atoms with E-state index in [4.69, 9.17) is 0 Å². The lowest BCUT2D eigenvalue weighted by atomic mass is 10.0. The summed E-state index contributed by atoms with van der Waals surface area (Å²) in [5, 5.41) is 0. The zero-order chi connectivity index (χ0) is 11.8. The molecular weight excluding hydrogens is 215 g/mol. The summed E-state index contributed by atoms with van der Waals surface area (Å²) < 4.78 is 40.0. The van der Waals surface area contributed by atoms with Crippen LogP contribution in [0.5, 0.6) is 0 Å². The van der Waals surface area contributed by atoms with Crippen LogP contribution >= 0.6 is 0 Å². The molecule has 1 aromatic carbocycles. The summed E-state index contributed by atoms with van der Waals surface area (Å²) >= 11 is 0. The highest BCUT2D eigenvalue weighted by molar-refractivity contribution is 5.65. The van der Waals surface area contributed by atoms with Gasteiger partial charge in [0.05, 0.1) is 5.56 Å². The molecule has 0 aliphatic heterocycles. The van der Waals surface area contributed by atoms with E-state index in [1.807, 2.05) is 0 Å². The lowest BCUT2D eigenvalue weighted by Gasteiger charge is -2.13. The number of rotatable bonds is 1. The molecule has 0 atom stereocenters. The number of benzene rings is 1. The van der Waals surface area contributed by atoms with Crippen molar-refractivity contribution in [1.29, 1.82) is 0 Å². The van der Waals surface area contributed by atoms with Gasteiger partial charge in [0, 0.05) is 24.5 Å². The van der Waals surface area contributed by atoms with Gasteiger partial charge in [0.25, 0.3) is 0 Å². The van der Waals surface area contributed by atoms with E-state index in [2.05, 4.69) is 0 Å². The Hall–Kier alpha value is -1.71. The Bertz CT molecular complexity index is 497. The van der Waals surface area contributed by atoms with Crippen LogP contribution in [0.25, 0.3) is 11.3 Å². The second-order valence-electron chi connectivity index (χ2n) is 3.55. The Morgan fingerprint density at radius 3 is 2.25 bits per heavy atom. The smallest absolute Gasteiger partial charge is 0.351 e. The van der Waals surface area contributed by atoms with Crippen LogP contribution in [0.4, 0.5) is 13.2 Å². The van der Waals surface area contributed by atoms with Crippen LogP contribution < -0.4 is 0 Å². The molecule has 0 unspecified atom stereocenters. The summed E-state index contributed by atoms with van der Waals surface area (Å²) in [7, 11) is 1.72. The van der Waals surface area contributed by atoms with Gasteiger partial charge < -0.3 is 4.57 Å². The van der Waals surface area contributed by atoms with Gasteiger partial charge >= 0.3 is 6.18 Å². The van der Waals surface area contributed by atoms with E-state index in [9.17, 15) is 13.2 Å². The first-order valence-electron chi connectivity index (χ1n) is 4.78. The van der Waals surface area contributed by atoms with Gasteiger partial charge in [-0.05, 0) is 18.2 Å². The molecule has 2 rings (SSSR count). The predicted octanol–water partition coefficient (Wildman–Crippen LogP) is 3.71. The fraction of sp³-hybridized carbons (Fsp3) is 0.167. The fourth-order valence-electron chi connectivity index (χ4n) is 1.69. The third kappa shape index (κ3) is 1.83. The second-order valence-corrected chi connectivity index (χ2v) is 3.55. The average molecular weight is 225 g/mol. The van der Waals surface area contributed by atoms with Crippen LogP contribution in [0.1, 0.15) is 5.56 Å². The van der Waals surface area contributed by atoms with Gasteiger partial charge in [0.2, 0.25) is 0 Å². The molecule has 84 valence electrons. The molecule has 2 aromatic rings. The molecule has 0 fully saturated rings. The molecule has 0 bridgehead atoms. The molecular formula is C12H10F3N. The highest BCUT2D eigenvalue weighted by Crippen LogP contribution is 2.36. The van der Waals surface area contributed by atoms with E-state index in [1.165, 1.54) is 12.1 Å². The van der Waals surface area contributed by atoms with Crippen molar-refractivity contribution in [3.05, 3.63) is 48.2 Å². The Labute approximate surface area is 91.1 Å². The van der Waals surface area contributed by atoms with E-state index in [-0.39, 0.29) is 5.56 Å². The van der Waals surface area contributed by atoms with Crippen molar-refractivity contribution in [2.75, 3.05) is 0 Å². The van der Waals surface area contributed by atoms with Gasteiger partial charge in [0.1, 0.15) is 0 Å². The maximum atomic E-state index is 12.8. The average Bonchev–Trinajstić information content (AvgIpc) is 2.63. The maximum Gasteiger partial charge on any atom is 0.417 e. The Morgan fingerprint density at radius 1 is 1.00 bits per heavy atom. The molecule has 0 aliphatic rings. The van der Waals surface area contributed by atoms with Gasteiger partial charge in [-0.1, -0.05) is 18.2 Å². The quantitative estimate of drug-likeness (QED) is 0.697. The monoisotopic (exact) mass is 225 g/mol. The summed E-state index contributed by atoms with van der Waals surface area (Å²) in [6, 6.07) is 8.99. The number of hydrogen-bond donors (Lipinski definition) is 0. The van der Waals surface area contributed by atoms with Gasteiger partial charge in [-0.3, -0.25) is 0 Å². The Kier molecular flexibility index (Phi) is 2.50. The number of halogens is 3. The number of nitrogens with zero attached hydrogens (tertiary/aromatic N) is 1. The van der Waals surface area contributed by atoms with E-state index < -0.39 is 11.7 Å². The second kappa shape index (κ2) is 3.70. The number of alkyl halides is 3. The van der Waals surface area contributed by atoms with Gasteiger partial charge in [-0.25, -0.2) is 0 Å². The molecule has 4 heteroatoms. The standard InChI is InChI=1S/C12H10F3N/c1-16-8-4-7-11(16)9-5-2-3-6-10(9)12(13,14)15/h2-8H,1H3. The van der Waals surface area contributed by atoms with Crippen molar-refractivity contribution in [1.82, 2.24) is 4.57 Å². The first-order valence-corrected chi connectivity index (χ1v) is 4.78. The SMILES string of the molecule is Cn1cccc1-c1ccccc1C(F)(F)F. The van der Waals surface area contributed by atoms with Crippen LogP contribution in [0.15, 0.2) is 42.6 Å². The van der Waals surface area contributed by atoms with Crippen LogP contribution in [-0.2, 0) is 13.2 Å². The number of hydrogen-bond acceptors (Lipinski definition) is 0. The number of aryl methyl sites for hydroxylation is 1. The van der Waals surface area contributed by atoms with E-state index in [0.29, 0.717) is 5.69 Å². The molecule has 1 aromatic heterocycles. The van der Waals surface area contributed by atoms with Crippen molar-refractivity contribution in [2.24, 2.45) is 7.05 Å². The summed E-state index contributed by atoms with van der Waals surface area (Å²) in [5.41, 5.74) is 0.173. The molecule has 0 saturated heterocycles. The molecule has 0 amide bonds. The van der Waals surface area contributed by atoms with Crippen molar-refractivity contribution in [3.63, 3.8) is 0 Å². The lowest BCUT2D eigenvalue weighted by molar-refractivity contribution is -0.137. The van der Waals surface area contributed by atoms with Gasteiger partial charge in [-0.2, -0.15) is 13.2 Å². The van der Waals surface area contributed by atoms with E-state index in [0.717, 1.165) is 6.07 Å². The molecule has 0 radical (unpaired) electrons. The van der Waals surface area contributed by atoms with Crippen LogP contribution in [0.2, 0.25) is 0 Å².